The fourth-order valence-corrected chi connectivity index (χ4v) is 3.06. The van der Waals surface area contributed by atoms with Gasteiger partial charge in [-0.2, -0.15) is 0 Å². The van der Waals surface area contributed by atoms with E-state index in [1.807, 2.05) is 49.4 Å². The summed E-state index contributed by atoms with van der Waals surface area (Å²) < 4.78 is 5.16. The van der Waals surface area contributed by atoms with Gasteiger partial charge in [-0.3, -0.25) is 9.59 Å². The summed E-state index contributed by atoms with van der Waals surface area (Å²) in [6, 6.07) is 23.2. The maximum atomic E-state index is 12.9. The lowest BCUT2D eigenvalue weighted by Gasteiger charge is -2.18. The van der Waals surface area contributed by atoms with E-state index >= 15 is 0 Å². The average molecular weight is 416 g/mol. The van der Waals surface area contributed by atoms with Gasteiger partial charge in [-0.25, -0.2) is 4.79 Å². The van der Waals surface area contributed by atoms with E-state index in [1.165, 1.54) is 11.0 Å². The highest BCUT2D eigenvalue weighted by molar-refractivity contribution is 6.12. The fraction of sp³-hybridized carbons (Fsp3) is 0.160. The second-order valence-electron chi connectivity index (χ2n) is 7.02. The van der Waals surface area contributed by atoms with E-state index in [4.69, 9.17) is 4.74 Å². The number of anilines is 1. The van der Waals surface area contributed by atoms with Crippen LogP contribution in [0.25, 0.3) is 0 Å². The molecule has 3 aromatic rings. The van der Waals surface area contributed by atoms with Crippen LogP contribution in [0.3, 0.4) is 0 Å². The van der Waals surface area contributed by atoms with E-state index in [1.54, 1.807) is 37.4 Å². The average Bonchev–Trinajstić information content (AvgIpc) is 2.81. The van der Waals surface area contributed by atoms with Crippen molar-refractivity contribution in [3.8, 4) is 0 Å². The summed E-state index contributed by atoms with van der Waals surface area (Å²) >= 11 is 0. The smallest absolute Gasteiger partial charge is 0.339 e. The number of nitrogens with one attached hydrogen (secondary N) is 1. The molecule has 0 radical (unpaired) electrons. The lowest BCUT2D eigenvalue weighted by molar-refractivity contribution is -0.124. The van der Waals surface area contributed by atoms with Gasteiger partial charge in [-0.05, 0) is 42.3 Å². The van der Waals surface area contributed by atoms with Crippen molar-refractivity contribution in [1.29, 1.82) is 0 Å². The second-order valence-corrected chi connectivity index (χ2v) is 7.02. The molecule has 158 valence electrons. The molecule has 0 heterocycles. The quantitative estimate of drug-likeness (QED) is 0.596. The maximum absolute atomic E-state index is 12.9. The van der Waals surface area contributed by atoms with Crippen molar-refractivity contribution < 1.29 is 19.1 Å². The Morgan fingerprint density at radius 3 is 2.16 bits per heavy atom. The number of ether oxygens (including phenoxy) is 1. The molecular weight excluding hydrogens is 392 g/mol. The first-order chi connectivity index (χ1) is 15.0. The number of carbonyl (C=O) groups is 3. The van der Waals surface area contributed by atoms with Gasteiger partial charge in [0.25, 0.3) is 11.8 Å². The van der Waals surface area contributed by atoms with Gasteiger partial charge < -0.3 is 15.0 Å². The van der Waals surface area contributed by atoms with Gasteiger partial charge in [0, 0.05) is 19.3 Å². The highest BCUT2D eigenvalue weighted by atomic mass is 16.5. The highest BCUT2D eigenvalue weighted by Gasteiger charge is 2.22. The Morgan fingerprint density at radius 2 is 1.45 bits per heavy atom. The molecular formula is C25H24N2O4. The molecule has 0 fully saturated rings. The van der Waals surface area contributed by atoms with Crippen LogP contribution in [0.1, 0.15) is 31.8 Å². The molecule has 6 nitrogen and oxygen atoms in total. The molecule has 0 aromatic heterocycles. The van der Waals surface area contributed by atoms with Gasteiger partial charge in [-0.1, -0.05) is 54.6 Å². The maximum Gasteiger partial charge on any atom is 0.339 e. The van der Waals surface area contributed by atoms with Gasteiger partial charge in [-0.15, -0.1) is 0 Å². The molecule has 3 rings (SSSR count). The van der Waals surface area contributed by atoms with Crippen molar-refractivity contribution in [2.24, 2.45) is 0 Å². The Kier molecular flexibility index (Phi) is 7.17. The van der Waals surface area contributed by atoms with Crippen molar-refractivity contribution in [1.82, 2.24) is 5.32 Å². The van der Waals surface area contributed by atoms with E-state index in [0.29, 0.717) is 12.2 Å². The minimum Gasteiger partial charge on any atom is -0.452 e. The molecule has 0 atom stereocenters. The number of esters is 1. The van der Waals surface area contributed by atoms with Gasteiger partial charge >= 0.3 is 5.97 Å². The van der Waals surface area contributed by atoms with Gasteiger partial charge in [0.05, 0.1) is 11.1 Å². The number of hydrogen-bond acceptors (Lipinski definition) is 4. The molecule has 0 aliphatic heterocycles. The topological polar surface area (TPSA) is 75.7 Å². The zero-order valence-electron chi connectivity index (χ0n) is 17.5. The number of nitrogens with zero attached hydrogens (tertiary/aromatic N) is 1. The van der Waals surface area contributed by atoms with Crippen LogP contribution < -0.4 is 10.2 Å². The van der Waals surface area contributed by atoms with Gasteiger partial charge in [0.15, 0.2) is 6.61 Å². The van der Waals surface area contributed by atoms with E-state index in [2.05, 4.69) is 5.32 Å². The number of aryl methyl sites for hydroxylation is 1. The lowest BCUT2D eigenvalue weighted by atomic mass is 10.1. The molecule has 0 saturated heterocycles. The molecule has 6 heteroatoms. The summed E-state index contributed by atoms with van der Waals surface area (Å²) in [4.78, 5) is 39.1. The predicted octanol–water partition coefficient (Wildman–Crippen LogP) is 3.74. The second kappa shape index (κ2) is 10.2. The number of hydrogen-bond donors (Lipinski definition) is 1. The number of para-hydroxylation sites is 1. The highest BCUT2D eigenvalue weighted by Crippen LogP contribution is 2.18. The standard InChI is InChI=1S/C25H24N2O4/c1-18-10-6-7-11-19(18)16-26-23(28)17-31-25(30)22-15-9-8-14-21(22)24(29)27(2)20-12-4-3-5-13-20/h3-15H,16-17H2,1-2H3,(H,26,28). The number of amides is 2. The first-order valence-corrected chi connectivity index (χ1v) is 9.88. The third kappa shape index (κ3) is 5.57. The molecule has 0 bridgehead atoms. The Morgan fingerprint density at radius 1 is 0.839 bits per heavy atom. The van der Waals surface area contributed by atoms with E-state index in [-0.39, 0.29) is 17.0 Å². The van der Waals surface area contributed by atoms with Crippen molar-refractivity contribution in [3.63, 3.8) is 0 Å². The normalized spacial score (nSPS) is 10.3. The zero-order chi connectivity index (χ0) is 22.2. The molecule has 1 N–H and O–H groups in total. The summed E-state index contributed by atoms with van der Waals surface area (Å²) in [5.41, 5.74) is 3.07. The van der Waals surface area contributed by atoms with Crippen molar-refractivity contribution >= 4 is 23.5 Å². The fourth-order valence-electron chi connectivity index (χ4n) is 3.06. The SMILES string of the molecule is Cc1ccccc1CNC(=O)COC(=O)c1ccccc1C(=O)N(C)c1ccccc1. The van der Waals surface area contributed by atoms with Crippen LogP contribution in [0.4, 0.5) is 5.69 Å². The molecule has 0 spiro atoms. The minimum atomic E-state index is -0.726. The monoisotopic (exact) mass is 416 g/mol. The predicted molar refractivity (Wildman–Crippen MR) is 119 cm³/mol. The third-order valence-corrected chi connectivity index (χ3v) is 4.90. The van der Waals surface area contributed by atoms with E-state index in [0.717, 1.165) is 11.1 Å². The Bertz CT molecular complexity index is 1080. The Hall–Kier alpha value is -3.93. The van der Waals surface area contributed by atoms with E-state index < -0.39 is 18.5 Å². The molecule has 0 unspecified atom stereocenters. The van der Waals surface area contributed by atoms with Crippen LogP contribution >= 0.6 is 0 Å². The Balaban J connectivity index is 1.62. The number of benzene rings is 3. The van der Waals surface area contributed by atoms with Crippen LogP contribution in [0.15, 0.2) is 78.9 Å². The third-order valence-electron chi connectivity index (χ3n) is 4.90. The minimum absolute atomic E-state index is 0.113. The van der Waals surface area contributed by atoms with Crippen LogP contribution in [0, 0.1) is 6.92 Å². The van der Waals surface area contributed by atoms with Crippen molar-refractivity contribution in [2.75, 3.05) is 18.6 Å². The summed E-state index contributed by atoms with van der Waals surface area (Å²) in [6.07, 6.45) is 0. The number of rotatable bonds is 7. The lowest BCUT2D eigenvalue weighted by Crippen LogP contribution is -2.30. The first-order valence-electron chi connectivity index (χ1n) is 9.88. The van der Waals surface area contributed by atoms with Crippen molar-refractivity contribution in [3.05, 3.63) is 101 Å². The molecule has 0 saturated carbocycles. The molecule has 3 aromatic carbocycles. The van der Waals surface area contributed by atoms with Crippen molar-refractivity contribution in [2.45, 2.75) is 13.5 Å². The van der Waals surface area contributed by atoms with Crippen LogP contribution in [0.2, 0.25) is 0 Å². The summed E-state index contributed by atoms with van der Waals surface area (Å²) in [5, 5.41) is 2.73. The van der Waals surface area contributed by atoms with Crippen LogP contribution in [0.5, 0.6) is 0 Å². The summed E-state index contributed by atoms with van der Waals surface area (Å²) in [7, 11) is 1.64. The van der Waals surface area contributed by atoms with Gasteiger partial charge in [0.1, 0.15) is 0 Å². The van der Waals surface area contributed by atoms with Gasteiger partial charge in [0.2, 0.25) is 0 Å². The van der Waals surface area contributed by atoms with Crippen LogP contribution in [-0.4, -0.2) is 31.4 Å². The molecule has 2 amide bonds. The van der Waals surface area contributed by atoms with E-state index in [9.17, 15) is 14.4 Å². The molecule has 0 aliphatic rings. The Labute approximate surface area is 181 Å². The number of carbonyl (C=O) groups excluding carboxylic acids is 3. The largest absolute Gasteiger partial charge is 0.452 e. The zero-order valence-corrected chi connectivity index (χ0v) is 17.5. The summed E-state index contributed by atoms with van der Waals surface area (Å²) in [6.45, 7) is 1.88. The van der Waals surface area contributed by atoms with Crippen LogP contribution in [-0.2, 0) is 16.1 Å². The first kappa shape index (κ1) is 21.8. The molecule has 0 aliphatic carbocycles. The summed E-state index contributed by atoms with van der Waals surface area (Å²) in [5.74, 6) is -1.49. The molecule has 31 heavy (non-hydrogen) atoms.